The fraction of sp³-hybridized carbons (Fsp3) is 0.455. The van der Waals surface area contributed by atoms with Crippen molar-refractivity contribution in [3.8, 4) is 0 Å². The number of allylic oxidation sites excluding steroid dienone is 6. The van der Waals surface area contributed by atoms with Crippen LogP contribution >= 0.6 is 11.6 Å². The molecule has 0 aromatic rings. The summed E-state index contributed by atoms with van der Waals surface area (Å²) in [6.07, 6.45) is 10.2. The lowest BCUT2D eigenvalue weighted by molar-refractivity contribution is -0.137. The summed E-state index contributed by atoms with van der Waals surface area (Å²) in [4.78, 5) is 24.2. The smallest absolute Gasteiger partial charge is 0.206 e. The average Bonchev–Trinajstić information content (AvgIpc) is 2.61. The van der Waals surface area contributed by atoms with Crippen LogP contribution in [0.25, 0.3) is 0 Å². The van der Waals surface area contributed by atoms with Crippen LogP contribution < -0.4 is 0 Å². The lowest BCUT2D eigenvalue weighted by atomic mass is 9.70. The number of halogens is 1. The second-order valence-electron chi connectivity index (χ2n) is 7.53. The first-order valence-electron chi connectivity index (χ1n) is 9.19. The van der Waals surface area contributed by atoms with E-state index in [1.165, 1.54) is 20.1 Å². The molecule has 0 aromatic carbocycles. The van der Waals surface area contributed by atoms with Gasteiger partial charge in [-0.05, 0) is 38.8 Å². The van der Waals surface area contributed by atoms with E-state index in [9.17, 15) is 14.7 Å². The van der Waals surface area contributed by atoms with Crippen molar-refractivity contribution < 1.29 is 19.4 Å². The molecule has 5 heteroatoms. The molecular formula is C22H27ClO4. The molecule has 0 saturated carbocycles. The molecule has 1 aliphatic carbocycles. The van der Waals surface area contributed by atoms with E-state index in [1.807, 2.05) is 19.1 Å². The summed E-state index contributed by atoms with van der Waals surface area (Å²) in [7, 11) is 0. The van der Waals surface area contributed by atoms with E-state index in [0.717, 1.165) is 12.0 Å². The number of aliphatic hydroxyl groups is 1. The van der Waals surface area contributed by atoms with Crippen LogP contribution in [-0.4, -0.2) is 22.3 Å². The molecule has 146 valence electrons. The maximum absolute atomic E-state index is 12.5. The summed E-state index contributed by atoms with van der Waals surface area (Å²) in [5.74, 6) is -0.345. The van der Waals surface area contributed by atoms with E-state index in [-0.39, 0.29) is 17.2 Å². The zero-order valence-corrected chi connectivity index (χ0v) is 17.3. The zero-order valence-electron chi connectivity index (χ0n) is 16.5. The van der Waals surface area contributed by atoms with Gasteiger partial charge in [0.05, 0.1) is 11.3 Å². The quantitative estimate of drug-likeness (QED) is 0.664. The summed E-state index contributed by atoms with van der Waals surface area (Å²) >= 11 is 6.25. The Morgan fingerprint density at radius 2 is 2.11 bits per heavy atom. The first-order valence-corrected chi connectivity index (χ1v) is 9.57. The predicted octanol–water partition coefficient (Wildman–Crippen LogP) is 4.75. The van der Waals surface area contributed by atoms with Crippen molar-refractivity contribution in [3.05, 3.63) is 58.1 Å². The summed E-state index contributed by atoms with van der Waals surface area (Å²) in [6, 6.07) is 0. The number of ether oxygens (including phenoxy) is 1. The van der Waals surface area contributed by atoms with Gasteiger partial charge in [0.15, 0.2) is 0 Å². The van der Waals surface area contributed by atoms with Crippen molar-refractivity contribution in [2.45, 2.75) is 53.1 Å². The van der Waals surface area contributed by atoms with Gasteiger partial charge in [-0.3, -0.25) is 4.79 Å². The van der Waals surface area contributed by atoms with Gasteiger partial charge in [-0.2, -0.15) is 0 Å². The van der Waals surface area contributed by atoms with Gasteiger partial charge in [0, 0.05) is 23.5 Å². The van der Waals surface area contributed by atoms with Gasteiger partial charge < -0.3 is 14.6 Å². The number of hydrogen-bond donors (Lipinski definition) is 1. The van der Waals surface area contributed by atoms with Gasteiger partial charge in [0.1, 0.15) is 17.1 Å². The van der Waals surface area contributed by atoms with Crippen molar-refractivity contribution in [2.24, 2.45) is 11.8 Å². The molecule has 0 saturated heterocycles. The minimum absolute atomic E-state index is 0.0351. The molecule has 27 heavy (non-hydrogen) atoms. The summed E-state index contributed by atoms with van der Waals surface area (Å²) < 4.78 is 5.68. The van der Waals surface area contributed by atoms with E-state index < -0.39 is 17.3 Å². The van der Waals surface area contributed by atoms with E-state index in [2.05, 4.69) is 19.9 Å². The molecule has 0 aromatic heterocycles. The first-order chi connectivity index (χ1) is 12.6. The van der Waals surface area contributed by atoms with Crippen LogP contribution in [0.3, 0.4) is 0 Å². The Morgan fingerprint density at radius 1 is 1.44 bits per heavy atom. The average molecular weight is 391 g/mol. The van der Waals surface area contributed by atoms with Crippen LogP contribution in [0, 0.1) is 11.8 Å². The van der Waals surface area contributed by atoms with Gasteiger partial charge in [-0.15, -0.1) is 0 Å². The van der Waals surface area contributed by atoms with Crippen molar-refractivity contribution in [1.82, 2.24) is 0 Å². The van der Waals surface area contributed by atoms with Crippen molar-refractivity contribution in [1.29, 1.82) is 0 Å². The Kier molecular flexibility index (Phi) is 6.66. The number of Topliss-reactive ketones (excluding diaryl/α,β-unsaturated/α-hetero) is 2. The van der Waals surface area contributed by atoms with Gasteiger partial charge in [-0.1, -0.05) is 49.6 Å². The first kappa shape index (κ1) is 21.4. The third kappa shape index (κ3) is 4.69. The Bertz CT molecular complexity index is 793. The lowest BCUT2D eigenvalue weighted by Gasteiger charge is -2.38. The second kappa shape index (κ2) is 8.41. The third-order valence-corrected chi connectivity index (χ3v) is 5.44. The number of carbonyl (C=O) groups excluding carboxylic acids is 2. The molecule has 2 aliphatic rings. The highest BCUT2D eigenvalue weighted by molar-refractivity contribution is 6.45. The number of ketones is 2. The lowest BCUT2D eigenvalue weighted by Crippen LogP contribution is -2.48. The summed E-state index contributed by atoms with van der Waals surface area (Å²) in [6.45, 7) is 9.13. The number of rotatable bonds is 6. The molecule has 0 fully saturated rings. The molecule has 0 spiro atoms. The maximum atomic E-state index is 12.5. The Labute approximate surface area is 165 Å². The molecule has 1 N–H and O–H groups in total. The van der Waals surface area contributed by atoms with Gasteiger partial charge in [0.2, 0.25) is 5.78 Å². The highest BCUT2D eigenvalue weighted by Crippen LogP contribution is 2.44. The number of fused-ring (bicyclic) bond motifs is 1. The standard InChI is InChI=1S/C22H27ClO4/c1-6-13(2)9-14(3)7-8-16-11-17-18(12-27-16)19(10-15(4)24)22(5,26)21(25)20(17)23/h7-9,11-13,19,26H,6,10H2,1-5H3/b8-7+,14-9+/t13-,19-,22+/m0/s1. The topological polar surface area (TPSA) is 63.6 Å². The molecule has 0 radical (unpaired) electrons. The number of hydrogen-bond acceptors (Lipinski definition) is 4. The van der Waals surface area contributed by atoms with Gasteiger partial charge in [-0.25, -0.2) is 0 Å². The molecule has 4 nitrogen and oxygen atoms in total. The second-order valence-corrected chi connectivity index (χ2v) is 7.91. The molecule has 3 atom stereocenters. The fourth-order valence-corrected chi connectivity index (χ4v) is 3.59. The van der Waals surface area contributed by atoms with E-state index >= 15 is 0 Å². The Morgan fingerprint density at radius 3 is 2.70 bits per heavy atom. The fourth-order valence-electron chi connectivity index (χ4n) is 3.24. The Hall–Kier alpha value is -1.91. The van der Waals surface area contributed by atoms with Crippen LogP contribution in [0.5, 0.6) is 0 Å². The SMILES string of the molecule is CC[C@H](C)/C=C(C)/C=C/C1=CC2=C(Cl)C(=O)[C@](C)(O)[C@@H](CC(C)=O)C2=CO1. The van der Waals surface area contributed by atoms with Crippen molar-refractivity contribution >= 4 is 23.2 Å². The molecule has 0 bridgehead atoms. The minimum Gasteiger partial charge on any atom is -0.465 e. The van der Waals surface area contributed by atoms with Crippen LogP contribution in [0.1, 0.15) is 47.5 Å². The van der Waals surface area contributed by atoms with E-state index in [1.54, 1.807) is 6.08 Å². The molecule has 1 heterocycles. The molecule has 0 unspecified atom stereocenters. The van der Waals surface area contributed by atoms with Crippen LogP contribution in [-0.2, 0) is 14.3 Å². The molecule has 1 aliphatic heterocycles. The van der Waals surface area contributed by atoms with Crippen molar-refractivity contribution in [3.63, 3.8) is 0 Å². The van der Waals surface area contributed by atoms with Gasteiger partial charge >= 0.3 is 0 Å². The van der Waals surface area contributed by atoms with Crippen LogP contribution in [0.15, 0.2) is 58.1 Å². The largest absolute Gasteiger partial charge is 0.465 e. The number of carbonyl (C=O) groups is 2. The normalized spacial score (nSPS) is 27.1. The summed E-state index contributed by atoms with van der Waals surface area (Å²) in [5.41, 5.74) is 0.455. The molecular weight excluding hydrogens is 364 g/mol. The van der Waals surface area contributed by atoms with Crippen LogP contribution in [0.2, 0.25) is 0 Å². The van der Waals surface area contributed by atoms with E-state index in [4.69, 9.17) is 16.3 Å². The monoisotopic (exact) mass is 390 g/mol. The van der Waals surface area contributed by atoms with Crippen LogP contribution in [0.4, 0.5) is 0 Å². The minimum atomic E-state index is -1.74. The van der Waals surface area contributed by atoms with Crippen molar-refractivity contribution in [2.75, 3.05) is 0 Å². The Balaban J connectivity index is 2.36. The van der Waals surface area contributed by atoms with E-state index in [0.29, 0.717) is 22.8 Å². The highest BCUT2D eigenvalue weighted by Gasteiger charge is 2.48. The highest BCUT2D eigenvalue weighted by atomic mass is 35.5. The van der Waals surface area contributed by atoms with Gasteiger partial charge in [0.25, 0.3) is 0 Å². The predicted molar refractivity (Wildman–Crippen MR) is 107 cm³/mol. The maximum Gasteiger partial charge on any atom is 0.206 e. The molecule has 2 rings (SSSR count). The third-order valence-electron chi connectivity index (χ3n) is 5.06. The molecule has 0 amide bonds. The zero-order chi connectivity index (χ0) is 20.4. The summed E-state index contributed by atoms with van der Waals surface area (Å²) in [5, 5.41) is 10.6.